The molecule has 2 N–H and O–H groups in total. The average Bonchev–Trinajstić information content (AvgIpc) is 1.31. The standard InChI is InChI=1S/C3H6Cl3N/c1-2(7)3(4,5)6/h2H,7H2,1H3. The van der Waals surface area contributed by atoms with Crippen LogP contribution in [0.25, 0.3) is 0 Å². The lowest BCUT2D eigenvalue weighted by molar-refractivity contribution is 0.764. The first-order valence-corrected chi connectivity index (χ1v) is 2.90. The van der Waals surface area contributed by atoms with Gasteiger partial charge < -0.3 is 5.73 Å². The highest BCUT2D eigenvalue weighted by molar-refractivity contribution is 6.68. The third-order valence-corrected chi connectivity index (χ3v) is 1.55. The van der Waals surface area contributed by atoms with Gasteiger partial charge in [-0.1, -0.05) is 34.8 Å². The van der Waals surface area contributed by atoms with E-state index in [1.54, 1.807) is 6.92 Å². The van der Waals surface area contributed by atoms with Crippen molar-refractivity contribution in [1.29, 1.82) is 0 Å². The summed E-state index contributed by atoms with van der Waals surface area (Å²) in [7, 11) is 0. The summed E-state index contributed by atoms with van der Waals surface area (Å²) in [6.45, 7) is 1.63. The molecule has 0 aliphatic carbocycles. The molecule has 44 valence electrons. The molecule has 1 nitrogen and oxygen atoms in total. The van der Waals surface area contributed by atoms with Crippen molar-refractivity contribution in [3.05, 3.63) is 0 Å². The highest BCUT2D eigenvalue weighted by atomic mass is 35.6. The maximum absolute atomic E-state index is 5.27. The van der Waals surface area contributed by atoms with E-state index in [-0.39, 0.29) is 0 Å². The van der Waals surface area contributed by atoms with Gasteiger partial charge in [0.25, 0.3) is 0 Å². The van der Waals surface area contributed by atoms with Gasteiger partial charge in [0.05, 0.1) is 0 Å². The molecule has 7 heavy (non-hydrogen) atoms. The molecule has 0 spiro atoms. The monoisotopic (exact) mass is 161 g/mol. The minimum Gasteiger partial charge on any atom is -0.324 e. The van der Waals surface area contributed by atoms with Crippen LogP contribution in [0.1, 0.15) is 6.92 Å². The zero-order valence-corrected chi connectivity index (χ0v) is 6.06. The number of halogens is 3. The smallest absolute Gasteiger partial charge is 0.205 e. The van der Waals surface area contributed by atoms with Gasteiger partial charge in [-0.15, -0.1) is 0 Å². The van der Waals surface area contributed by atoms with E-state index in [0.29, 0.717) is 0 Å². The second-order valence-corrected chi connectivity index (χ2v) is 3.70. The SMILES string of the molecule is CC(N)C(Cl)(Cl)Cl. The summed E-state index contributed by atoms with van der Waals surface area (Å²) in [5.74, 6) is 0. The second kappa shape index (κ2) is 2.40. The molecule has 0 saturated heterocycles. The molecule has 0 aliphatic heterocycles. The second-order valence-electron chi connectivity index (χ2n) is 1.33. The summed E-state index contributed by atoms with van der Waals surface area (Å²) in [6.07, 6.45) is 0. The molecule has 0 aromatic rings. The Morgan fingerprint density at radius 1 is 1.43 bits per heavy atom. The maximum Gasteiger partial charge on any atom is 0.205 e. The molecule has 0 aromatic heterocycles. The van der Waals surface area contributed by atoms with Gasteiger partial charge in [-0.2, -0.15) is 0 Å². The van der Waals surface area contributed by atoms with Crippen LogP contribution in [0.3, 0.4) is 0 Å². The zero-order chi connectivity index (χ0) is 6.08. The van der Waals surface area contributed by atoms with Crippen LogP contribution in [0.15, 0.2) is 0 Å². The first-order chi connectivity index (χ1) is 2.94. The molecule has 1 unspecified atom stereocenters. The summed E-state index contributed by atoms with van der Waals surface area (Å²) in [6, 6.07) is -0.405. The molecule has 4 heteroatoms. The topological polar surface area (TPSA) is 26.0 Å². The van der Waals surface area contributed by atoms with E-state index in [9.17, 15) is 0 Å². The fraction of sp³-hybridized carbons (Fsp3) is 1.00. The van der Waals surface area contributed by atoms with Gasteiger partial charge in [0.2, 0.25) is 3.79 Å². The lowest BCUT2D eigenvalue weighted by Gasteiger charge is -2.13. The number of alkyl halides is 3. The molecule has 1 atom stereocenters. The molecular formula is C3H6Cl3N. The molecule has 0 fully saturated rings. The van der Waals surface area contributed by atoms with Crippen LogP contribution in [0, 0.1) is 0 Å². The quantitative estimate of drug-likeness (QED) is 0.539. The first kappa shape index (κ1) is 7.83. The van der Waals surface area contributed by atoms with Crippen LogP contribution < -0.4 is 5.73 Å². The van der Waals surface area contributed by atoms with E-state index in [1.807, 2.05) is 0 Å². The highest BCUT2D eigenvalue weighted by Crippen LogP contribution is 2.28. The predicted octanol–water partition coefficient (Wildman–Crippen LogP) is 1.70. The number of hydrogen-bond acceptors (Lipinski definition) is 1. The molecule has 0 bridgehead atoms. The van der Waals surface area contributed by atoms with Crippen LogP contribution in [-0.4, -0.2) is 9.83 Å². The normalized spacial score (nSPS) is 16.7. The van der Waals surface area contributed by atoms with Gasteiger partial charge in [0.15, 0.2) is 0 Å². The lowest BCUT2D eigenvalue weighted by atomic mass is 10.4. The fourth-order valence-electron chi connectivity index (χ4n) is 0. The molecule has 0 aromatic carbocycles. The zero-order valence-electron chi connectivity index (χ0n) is 3.79. The maximum atomic E-state index is 5.27. The number of nitrogens with two attached hydrogens (primary N) is 1. The van der Waals surface area contributed by atoms with Crippen molar-refractivity contribution in [2.75, 3.05) is 0 Å². The minimum absolute atomic E-state index is 0.405. The summed E-state index contributed by atoms with van der Waals surface area (Å²) in [5, 5.41) is 0. The Hall–Kier alpha value is 0.830. The van der Waals surface area contributed by atoms with Gasteiger partial charge in [-0.05, 0) is 6.92 Å². The van der Waals surface area contributed by atoms with Crippen molar-refractivity contribution in [1.82, 2.24) is 0 Å². The van der Waals surface area contributed by atoms with Crippen LogP contribution >= 0.6 is 34.8 Å². The molecule has 0 rings (SSSR count). The van der Waals surface area contributed by atoms with Gasteiger partial charge >= 0.3 is 0 Å². The summed E-state index contributed by atoms with van der Waals surface area (Å²) in [4.78, 5) is 0. The van der Waals surface area contributed by atoms with Crippen LogP contribution in [-0.2, 0) is 0 Å². The van der Waals surface area contributed by atoms with Gasteiger partial charge in [-0.3, -0.25) is 0 Å². The van der Waals surface area contributed by atoms with Crippen LogP contribution in [0.4, 0.5) is 0 Å². The molecule has 0 saturated carbocycles. The van der Waals surface area contributed by atoms with Gasteiger partial charge in [0.1, 0.15) is 0 Å². The van der Waals surface area contributed by atoms with Crippen molar-refractivity contribution in [2.45, 2.75) is 16.8 Å². The van der Waals surface area contributed by atoms with Crippen LogP contribution in [0.5, 0.6) is 0 Å². The first-order valence-electron chi connectivity index (χ1n) is 1.77. The Balaban J connectivity index is 3.54. The van der Waals surface area contributed by atoms with E-state index in [4.69, 9.17) is 40.5 Å². The van der Waals surface area contributed by atoms with E-state index >= 15 is 0 Å². The predicted molar refractivity (Wildman–Crippen MR) is 33.9 cm³/mol. The minimum atomic E-state index is -1.31. The Morgan fingerprint density at radius 2 is 1.57 bits per heavy atom. The molecule has 0 radical (unpaired) electrons. The van der Waals surface area contributed by atoms with E-state index in [2.05, 4.69) is 0 Å². The third-order valence-electron chi connectivity index (χ3n) is 0.516. The largest absolute Gasteiger partial charge is 0.324 e. The Bertz CT molecular complexity index is 55.7. The van der Waals surface area contributed by atoms with Crippen molar-refractivity contribution in [2.24, 2.45) is 5.73 Å². The molecular weight excluding hydrogens is 156 g/mol. The fourth-order valence-corrected chi connectivity index (χ4v) is 0. The number of rotatable bonds is 0. The lowest BCUT2D eigenvalue weighted by Crippen LogP contribution is -2.30. The van der Waals surface area contributed by atoms with Crippen molar-refractivity contribution in [3.63, 3.8) is 0 Å². The Morgan fingerprint density at radius 3 is 1.57 bits per heavy atom. The molecule has 0 heterocycles. The summed E-state index contributed by atoms with van der Waals surface area (Å²) >= 11 is 15.8. The van der Waals surface area contributed by atoms with E-state index in [1.165, 1.54) is 0 Å². The van der Waals surface area contributed by atoms with E-state index in [0.717, 1.165) is 0 Å². The van der Waals surface area contributed by atoms with Crippen LogP contribution in [0.2, 0.25) is 0 Å². The Labute approximate surface area is 57.7 Å². The summed E-state index contributed by atoms with van der Waals surface area (Å²) in [5.41, 5.74) is 5.17. The van der Waals surface area contributed by atoms with Crippen molar-refractivity contribution >= 4 is 34.8 Å². The van der Waals surface area contributed by atoms with Gasteiger partial charge in [-0.25, -0.2) is 0 Å². The van der Waals surface area contributed by atoms with Crippen molar-refractivity contribution in [3.8, 4) is 0 Å². The highest BCUT2D eigenvalue weighted by Gasteiger charge is 2.24. The summed E-state index contributed by atoms with van der Waals surface area (Å²) < 4.78 is -1.31. The third kappa shape index (κ3) is 3.42. The van der Waals surface area contributed by atoms with Gasteiger partial charge in [0, 0.05) is 6.04 Å². The van der Waals surface area contributed by atoms with E-state index < -0.39 is 9.83 Å². The average molecular weight is 162 g/mol. The molecule has 0 amide bonds. The van der Waals surface area contributed by atoms with Crippen molar-refractivity contribution < 1.29 is 0 Å². The molecule has 0 aliphatic rings. The number of hydrogen-bond donors (Lipinski definition) is 1. The Kier molecular flexibility index (Phi) is 2.69.